The number of amides is 1. The Balaban J connectivity index is 1.72. The molecule has 2 atom stereocenters. The number of carbonyl (C=O) groups excluding carboxylic acids is 1. The predicted octanol–water partition coefficient (Wildman–Crippen LogP) is 5.93. The van der Waals surface area contributed by atoms with Crippen molar-refractivity contribution in [2.45, 2.75) is 31.0 Å². The molecule has 2 aromatic rings. The summed E-state index contributed by atoms with van der Waals surface area (Å²) in [5, 5.41) is 0. The van der Waals surface area contributed by atoms with E-state index in [0.717, 1.165) is 41.7 Å². The molecular formula is C22H20F3NO2. The van der Waals surface area contributed by atoms with Crippen molar-refractivity contribution in [2.75, 3.05) is 13.2 Å². The first kappa shape index (κ1) is 18.6. The van der Waals surface area contributed by atoms with Crippen LogP contribution >= 0.6 is 0 Å². The summed E-state index contributed by atoms with van der Waals surface area (Å²) in [6.45, 7) is 4.32. The van der Waals surface area contributed by atoms with Gasteiger partial charge in [-0.05, 0) is 53.1 Å². The molecule has 0 spiro atoms. The zero-order chi connectivity index (χ0) is 19.9. The molecule has 0 N–H and O–H groups in total. The molecule has 1 aliphatic carbocycles. The van der Waals surface area contributed by atoms with Crippen molar-refractivity contribution in [2.24, 2.45) is 0 Å². The average molecular weight is 387 g/mol. The van der Waals surface area contributed by atoms with E-state index in [-0.39, 0.29) is 18.7 Å². The van der Waals surface area contributed by atoms with E-state index in [1.807, 2.05) is 12.1 Å². The minimum absolute atomic E-state index is 0.121. The largest absolute Gasteiger partial charge is 0.445 e. The van der Waals surface area contributed by atoms with E-state index in [4.69, 9.17) is 4.74 Å². The molecule has 146 valence electrons. The summed E-state index contributed by atoms with van der Waals surface area (Å²) in [6.07, 6.45) is -1.54. The quantitative estimate of drug-likeness (QED) is 0.611. The molecule has 3 nitrogen and oxygen atoms in total. The Kier molecular flexibility index (Phi) is 4.65. The highest BCUT2D eigenvalue weighted by molar-refractivity contribution is 5.75. The lowest BCUT2D eigenvalue weighted by Crippen LogP contribution is -2.38. The van der Waals surface area contributed by atoms with E-state index < -0.39 is 11.7 Å². The van der Waals surface area contributed by atoms with Gasteiger partial charge in [0.05, 0.1) is 11.6 Å². The summed E-state index contributed by atoms with van der Waals surface area (Å²) in [5.41, 5.74) is 3.14. The number of nitrogens with zero attached hydrogens (tertiary/aromatic N) is 1. The van der Waals surface area contributed by atoms with E-state index >= 15 is 0 Å². The lowest BCUT2D eigenvalue weighted by Gasteiger charge is -2.33. The minimum Gasteiger partial charge on any atom is -0.445 e. The molecular weight excluding hydrogens is 367 g/mol. The van der Waals surface area contributed by atoms with E-state index in [9.17, 15) is 18.0 Å². The second-order valence-corrected chi connectivity index (χ2v) is 7.18. The maximum Gasteiger partial charge on any atom is 0.416 e. The zero-order valence-electron chi connectivity index (χ0n) is 15.2. The average Bonchev–Trinajstić information content (AvgIpc) is 2.98. The molecule has 1 heterocycles. The van der Waals surface area contributed by atoms with Crippen molar-refractivity contribution in [1.82, 2.24) is 4.90 Å². The van der Waals surface area contributed by atoms with Crippen LogP contribution in [-0.2, 0) is 10.9 Å². The van der Waals surface area contributed by atoms with Crippen molar-refractivity contribution >= 4 is 6.09 Å². The molecule has 2 aliphatic rings. The van der Waals surface area contributed by atoms with E-state index in [2.05, 4.69) is 12.6 Å². The van der Waals surface area contributed by atoms with Gasteiger partial charge >= 0.3 is 12.3 Å². The molecule has 1 aliphatic heterocycles. The van der Waals surface area contributed by atoms with Gasteiger partial charge in [-0.3, -0.25) is 0 Å². The maximum absolute atomic E-state index is 12.9. The van der Waals surface area contributed by atoms with Crippen LogP contribution in [-0.4, -0.2) is 24.1 Å². The topological polar surface area (TPSA) is 29.5 Å². The Morgan fingerprint density at radius 2 is 1.96 bits per heavy atom. The second kappa shape index (κ2) is 7.00. The summed E-state index contributed by atoms with van der Waals surface area (Å²) in [6, 6.07) is 11.0. The molecule has 1 saturated heterocycles. The third-order valence-electron chi connectivity index (χ3n) is 5.60. The first-order chi connectivity index (χ1) is 13.4. The number of benzene rings is 2. The van der Waals surface area contributed by atoms with Crippen LogP contribution in [0.5, 0.6) is 0 Å². The first-order valence-corrected chi connectivity index (χ1v) is 9.25. The molecule has 0 aromatic heterocycles. The monoisotopic (exact) mass is 387 g/mol. The number of halogens is 3. The van der Waals surface area contributed by atoms with Crippen LogP contribution in [0.2, 0.25) is 0 Å². The number of hydrogen-bond acceptors (Lipinski definition) is 2. The van der Waals surface area contributed by atoms with Crippen LogP contribution in [0.15, 0.2) is 55.1 Å². The van der Waals surface area contributed by atoms with Crippen LogP contribution in [0.4, 0.5) is 18.0 Å². The molecule has 6 heteroatoms. The zero-order valence-corrected chi connectivity index (χ0v) is 15.2. The highest BCUT2D eigenvalue weighted by Gasteiger charge is 2.42. The summed E-state index contributed by atoms with van der Waals surface area (Å²) >= 11 is 0. The lowest BCUT2D eigenvalue weighted by atomic mass is 9.93. The Morgan fingerprint density at radius 3 is 2.64 bits per heavy atom. The number of hydrogen-bond donors (Lipinski definition) is 0. The summed E-state index contributed by atoms with van der Waals surface area (Å²) < 4.78 is 43.9. The normalized spacial score (nSPS) is 20.6. The van der Waals surface area contributed by atoms with Gasteiger partial charge in [0.15, 0.2) is 0 Å². The smallest absolute Gasteiger partial charge is 0.416 e. The fraction of sp³-hybridized carbons (Fsp3) is 0.318. The van der Waals surface area contributed by atoms with Gasteiger partial charge in [-0.15, -0.1) is 0 Å². The van der Waals surface area contributed by atoms with Crippen LogP contribution in [0.25, 0.3) is 11.1 Å². The summed E-state index contributed by atoms with van der Waals surface area (Å²) in [4.78, 5) is 14.2. The molecule has 1 fully saturated rings. The van der Waals surface area contributed by atoms with Crippen molar-refractivity contribution in [3.63, 3.8) is 0 Å². The first-order valence-electron chi connectivity index (χ1n) is 9.25. The number of ether oxygens (including phenoxy) is 1. The van der Waals surface area contributed by atoms with Gasteiger partial charge in [-0.1, -0.05) is 43.0 Å². The molecule has 0 saturated carbocycles. The van der Waals surface area contributed by atoms with Gasteiger partial charge in [0.1, 0.15) is 6.61 Å². The van der Waals surface area contributed by atoms with Gasteiger partial charge in [0, 0.05) is 6.54 Å². The highest BCUT2D eigenvalue weighted by atomic mass is 19.4. The standard InChI is InChI=1S/C22H20F3NO2/c1-2-12-28-21(27)26-11-10-15-13-19(26)20-17(4-3-5-18(15)20)14-6-8-16(9-7-14)22(23,24)25/h2-9,15,19H,1,10-13H2/t15?,19-/m1/s1. The number of fused-ring (bicyclic) bond motifs is 5. The van der Waals surface area contributed by atoms with Crippen LogP contribution in [0, 0.1) is 0 Å². The molecule has 2 bridgehead atoms. The van der Waals surface area contributed by atoms with Crippen molar-refractivity contribution < 1.29 is 22.7 Å². The Bertz CT molecular complexity index is 905. The van der Waals surface area contributed by atoms with Crippen LogP contribution < -0.4 is 0 Å². The van der Waals surface area contributed by atoms with Gasteiger partial charge in [-0.2, -0.15) is 13.2 Å². The molecule has 1 unspecified atom stereocenters. The molecule has 1 amide bonds. The highest BCUT2D eigenvalue weighted by Crippen LogP contribution is 2.52. The van der Waals surface area contributed by atoms with Crippen LogP contribution in [0.3, 0.4) is 0 Å². The predicted molar refractivity (Wildman–Crippen MR) is 99.8 cm³/mol. The van der Waals surface area contributed by atoms with Gasteiger partial charge in [0.25, 0.3) is 0 Å². The van der Waals surface area contributed by atoms with Crippen LogP contribution in [0.1, 0.15) is 41.5 Å². The van der Waals surface area contributed by atoms with E-state index in [0.29, 0.717) is 12.5 Å². The van der Waals surface area contributed by atoms with Crippen molar-refractivity contribution in [3.05, 3.63) is 71.8 Å². The SMILES string of the molecule is C=CCOC(=O)N1CCC2C[C@@H]1c1c(-c3ccc(C(F)(F)F)cc3)cccc12. The van der Waals surface area contributed by atoms with E-state index in [1.165, 1.54) is 23.8 Å². The fourth-order valence-electron chi connectivity index (χ4n) is 4.35. The molecule has 4 rings (SSSR count). The molecule has 28 heavy (non-hydrogen) atoms. The maximum atomic E-state index is 12.9. The van der Waals surface area contributed by atoms with E-state index in [1.54, 1.807) is 4.90 Å². The van der Waals surface area contributed by atoms with Gasteiger partial charge in [0.2, 0.25) is 0 Å². The van der Waals surface area contributed by atoms with Crippen molar-refractivity contribution in [1.29, 1.82) is 0 Å². The Morgan fingerprint density at radius 1 is 1.21 bits per heavy atom. The number of carbonyl (C=O) groups is 1. The second-order valence-electron chi connectivity index (χ2n) is 7.18. The third-order valence-corrected chi connectivity index (χ3v) is 5.60. The van der Waals surface area contributed by atoms with Gasteiger partial charge < -0.3 is 9.64 Å². The number of likely N-dealkylation sites (tertiary alicyclic amines) is 1. The fourth-order valence-corrected chi connectivity index (χ4v) is 4.35. The Labute approximate surface area is 161 Å². The minimum atomic E-state index is -4.36. The number of rotatable bonds is 3. The third kappa shape index (κ3) is 3.17. The number of piperidine rings is 1. The number of alkyl halides is 3. The lowest BCUT2D eigenvalue weighted by molar-refractivity contribution is -0.137. The Hall–Kier alpha value is -2.76. The van der Waals surface area contributed by atoms with Gasteiger partial charge in [-0.25, -0.2) is 4.79 Å². The molecule has 0 radical (unpaired) electrons. The summed E-state index contributed by atoms with van der Waals surface area (Å²) in [7, 11) is 0. The van der Waals surface area contributed by atoms with Crippen molar-refractivity contribution in [3.8, 4) is 11.1 Å². The summed E-state index contributed by atoms with van der Waals surface area (Å²) in [5.74, 6) is 0.359. The molecule has 2 aromatic carbocycles.